The van der Waals surface area contributed by atoms with Crippen molar-refractivity contribution in [1.82, 2.24) is 0 Å². The fraction of sp³-hybridized carbons (Fsp3) is 0.263. The number of carbonyl (C=O) groups is 1. The van der Waals surface area contributed by atoms with Crippen LogP contribution < -0.4 is 5.32 Å². The molecule has 0 atom stereocenters. The van der Waals surface area contributed by atoms with Crippen LogP contribution in [0.3, 0.4) is 0 Å². The summed E-state index contributed by atoms with van der Waals surface area (Å²) in [6, 6.07) is 13.1. The molecular weight excluding hydrogens is 343 g/mol. The number of benzene rings is 2. The van der Waals surface area contributed by atoms with Crippen LogP contribution in [0, 0.1) is 0 Å². The molecule has 124 valence electrons. The van der Waals surface area contributed by atoms with E-state index in [9.17, 15) is 4.79 Å². The summed E-state index contributed by atoms with van der Waals surface area (Å²) in [5, 5.41) is 3.78. The molecule has 0 unspecified atom stereocenters. The number of hydrogen-bond donors (Lipinski definition) is 1. The van der Waals surface area contributed by atoms with E-state index in [1.54, 1.807) is 18.2 Å². The second kappa shape index (κ2) is 6.58. The summed E-state index contributed by atoms with van der Waals surface area (Å²) in [4.78, 5) is 17.2. The molecule has 0 saturated heterocycles. The van der Waals surface area contributed by atoms with Crippen molar-refractivity contribution in [3.63, 3.8) is 0 Å². The van der Waals surface area contributed by atoms with Crippen molar-refractivity contribution < 1.29 is 4.79 Å². The van der Waals surface area contributed by atoms with Gasteiger partial charge in [0.05, 0.1) is 28.4 Å². The highest BCUT2D eigenvalue weighted by atomic mass is 35.5. The molecule has 1 amide bonds. The second-order valence-electron chi connectivity index (χ2n) is 6.55. The first kappa shape index (κ1) is 17.0. The van der Waals surface area contributed by atoms with Crippen LogP contribution in [-0.2, 0) is 11.2 Å². The quantitative estimate of drug-likeness (QED) is 0.807. The molecule has 0 fully saturated rings. The Bertz CT molecular complexity index is 828. The van der Waals surface area contributed by atoms with Gasteiger partial charge in [-0.2, -0.15) is 0 Å². The predicted octanol–water partition coefficient (Wildman–Crippen LogP) is 5.15. The van der Waals surface area contributed by atoms with Gasteiger partial charge in [-0.05, 0) is 49.6 Å². The number of hydrogen-bond acceptors (Lipinski definition) is 2. The van der Waals surface area contributed by atoms with E-state index in [4.69, 9.17) is 28.2 Å². The highest BCUT2D eigenvalue weighted by Crippen LogP contribution is 2.29. The van der Waals surface area contributed by atoms with Gasteiger partial charge >= 0.3 is 0 Å². The van der Waals surface area contributed by atoms with E-state index in [0.717, 1.165) is 17.7 Å². The lowest BCUT2D eigenvalue weighted by Crippen LogP contribution is -2.30. The monoisotopic (exact) mass is 360 g/mol. The van der Waals surface area contributed by atoms with Gasteiger partial charge in [-0.25, -0.2) is 0 Å². The third kappa shape index (κ3) is 3.80. The van der Waals surface area contributed by atoms with Gasteiger partial charge in [0.25, 0.3) is 0 Å². The number of rotatable bonds is 3. The molecule has 3 nitrogen and oxygen atoms in total. The Morgan fingerprint density at radius 1 is 1.21 bits per heavy atom. The fourth-order valence-electron chi connectivity index (χ4n) is 2.96. The Morgan fingerprint density at radius 3 is 2.71 bits per heavy atom. The third-order valence-electron chi connectivity index (χ3n) is 3.92. The highest BCUT2D eigenvalue weighted by Gasteiger charge is 2.27. The van der Waals surface area contributed by atoms with E-state index in [0.29, 0.717) is 15.7 Å². The summed E-state index contributed by atoms with van der Waals surface area (Å²) >= 11 is 12.0. The fourth-order valence-corrected chi connectivity index (χ4v) is 3.41. The Kier molecular flexibility index (Phi) is 4.66. The van der Waals surface area contributed by atoms with Crippen LogP contribution in [0.4, 0.5) is 5.69 Å². The first-order valence-electron chi connectivity index (χ1n) is 7.76. The van der Waals surface area contributed by atoms with Crippen molar-refractivity contribution in [2.75, 3.05) is 5.32 Å². The molecule has 1 N–H and O–H groups in total. The molecule has 0 saturated carbocycles. The van der Waals surface area contributed by atoms with Gasteiger partial charge in [0.15, 0.2) is 0 Å². The normalized spacial score (nSPS) is 15.4. The zero-order valence-electron chi connectivity index (χ0n) is 13.6. The number of aliphatic imine (C=N–C) groups is 1. The third-order valence-corrected chi connectivity index (χ3v) is 4.47. The minimum Gasteiger partial charge on any atom is -0.324 e. The molecule has 1 aliphatic rings. The molecule has 3 rings (SSSR count). The lowest BCUT2D eigenvalue weighted by molar-refractivity contribution is -0.115. The highest BCUT2D eigenvalue weighted by molar-refractivity contribution is 6.36. The van der Waals surface area contributed by atoms with Crippen LogP contribution in [0.25, 0.3) is 0 Å². The lowest BCUT2D eigenvalue weighted by atomic mass is 9.86. The Morgan fingerprint density at radius 2 is 1.96 bits per heavy atom. The van der Waals surface area contributed by atoms with Crippen molar-refractivity contribution in [3.8, 4) is 0 Å². The minimum absolute atomic E-state index is 0.148. The number of nitrogens with one attached hydrogen (secondary N) is 1. The first-order chi connectivity index (χ1) is 11.3. The standard InChI is InChI=1S/C19H18Cl2N2O/c1-19(2)11-12-5-3-4-6-14(12)17(23-19)10-18(24)22-16-8-7-13(20)9-15(16)21/h3-9H,10-11H2,1-2H3,(H,22,24). The number of carbonyl (C=O) groups excluding carboxylic acids is 1. The van der Waals surface area contributed by atoms with Crippen molar-refractivity contribution in [2.45, 2.75) is 32.2 Å². The van der Waals surface area contributed by atoms with Crippen LogP contribution in [0.15, 0.2) is 47.5 Å². The summed E-state index contributed by atoms with van der Waals surface area (Å²) in [7, 11) is 0. The van der Waals surface area contributed by atoms with Crippen molar-refractivity contribution >= 4 is 40.5 Å². The Balaban J connectivity index is 1.81. The number of amides is 1. The zero-order chi connectivity index (χ0) is 17.3. The number of nitrogens with zero attached hydrogens (tertiary/aromatic N) is 1. The molecule has 0 aromatic heterocycles. The van der Waals surface area contributed by atoms with Gasteiger partial charge in [-0.3, -0.25) is 9.79 Å². The molecule has 0 aliphatic carbocycles. The van der Waals surface area contributed by atoms with E-state index >= 15 is 0 Å². The molecule has 0 radical (unpaired) electrons. The van der Waals surface area contributed by atoms with Gasteiger partial charge in [0, 0.05) is 5.02 Å². The predicted molar refractivity (Wildman–Crippen MR) is 100 cm³/mol. The molecule has 0 spiro atoms. The topological polar surface area (TPSA) is 41.5 Å². The Hall–Kier alpha value is -1.84. The van der Waals surface area contributed by atoms with Gasteiger partial charge < -0.3 is 5.32 Å². The van der Waals surface area contributed by atoms with Gasteiger partial charge in [0.2, 0.25) is 5.91 Å². The summed E-state index contributed by atoms with van der Waals surface area (Å²) in [6.07, 6.45) is 1.08. The lowest BCUT2D eigenvalue weighted by Gasteiger charge is -2.29. The minimum atomic E-state index is -0.206. The van der Waals surface area contributed by atoms with Crippen LogP contribution >= 0.6 is 23.2 Å². The summed E-state index contributed by atoms with van der Waals surface area (Å²) in [5.41, 5.74) is 3.43. The maximum Gasteiger partial charge on any atom is 0.230 e. The van der Waals surface area contributed by atoms with Crippen molar-refractivity contribution in [1.29, 1.82) is 0 Å². The zero-order valence-corrected chi connectivity index (χ0v) is 15.1. The SMILES string of the molecule is CC1(C)Cc2ccccc2C(CC(=O)Nc2ccc(Cl)cc2Cl)=N1. The molecular formula is C19H18Cl2N2O. The van der Waals surface area contributed by atoms with Gasteiger partial charge in [-0.1, -0.05) is 47.5 Å². The average molecular weight is 361 g/mol. The van der Waals surface area contributed by atoms with Crippen LogP contribution in [0.2, 0.25) is 10.0 Å². The number of fused-ring (bicyclic) bond motifs is 1. The molecule has 1 aliphatic heterocycles. The molecule has 2 aromatic rings. The van der Waals surface area contributed by atoms with E-state index in [2.05, 4.69) is 25.2 Å². The average Bonchev–Trinajstić information content (AvgIpc) is 2.49. The maximum absolute atomic E-state index is 12.5. The summed E-state index contributed by atoms with van der Waals surface area (Å²) in [6.45, 7) is 4.16. The molecule has 5 heteroatoms. The van der Waals surface area contributed by atoms with Crippen molar-refractivity contribution in [2.24, 2.45) is 4.99 Å². The van der Waals surface area contributed by atoms with Crippen LogP contribution in [-0.4, -0.2) is 17.2 Å². The molecule has 2 aromatic carbocycles. The van der Waals surface area contributed by atoms with Crippen LogP contribution in [0.1, 0.15) is 31.4 Å². The molecule has 24 heavy (non-hydrogen) atoms. The number of halogens is 2. The van der Waals surface area contributed by atoms with Crippen LogP contribution in [0.5, 0.6) is 0 Å². The molecule has 0 bridgehead atoms. The van der Waals surface area contributed by atoms with E-state index in [-0.39, 0.29) is 17.9 Å². The molecule has 1 heterocycles. The smallest absolute Gasteiger partial charge is 0.230 e. The maximum atomic E-state index is 12.5. The summed E-state index contributed by atoms with van der Waals surface area (Å²) < 4.78 is 0. The van der Waals surface area contributed by atoms with E-state index in [1.807, 2.05) is 18.2 Å². The first-order valence-corrected chi connectivity index (χ1v) is 8.51. The Labute approximate surface area is 151 Å². The van der Waals surface area contributed by atoms with Gasteiger partial charge in [-0.15, -0.1) is 0 Å². The van der Waals surface area contributed by atoms with Gasteiger partial charge in [0.1, 0.15) is 0 Å². The number of anilines is 1. The van der Waals surface area contributed by atoms with E-state index < -0.39 is 0 Å². The summed E-state index contributed by atoms with van der Waals surface area (Å²) in [5.74, 6) is -0.148. The van der Waals surface area contributed by atoms with Crippen molar-refractivity contribution in [3.05, 3.63) is 63.6 Å². The van der Waals surface area contributed by atoms with E-state index in [1.165, 1.54) is 5.56 Å². The largest absolute Gasteiger partial charge is 0.324 e. The second-order valence-corrected chi connectivity index (χ2v) is 7.40.